The molecular formula is C25H22N4. The van der Waals surface area contributed by atoms with Crippen LogP contribution in [0.1, 0.15) is 40.0 Å². The highest BCUT2D eigenvalue weighted by Gasteiger charge is 2.22. The number of hydrogen-bond donors (Lipinski definition) is 4. The van der Waals surface area contributed by atoms with Crippen molar-refractivity contribution in [3.63, 3.8) is 0 Å². The van der Waals surface area contributed by atoms with Gasteiger partial charge in [-0.05, 0) is 64.4 Å². The maximum Gasteiger partial charge on any atom is 0.123 e. The molecule has 0 bridgehead atoms. The van der Waals surface area contributed by atoms with E-state index in [0.29, 0.717) is 0 Å². The Labute approximate surface area is 170 Å². The van der Waals surface area contributed by atoms with Crippen LogP contribution < -0.4 is 21.3 Å². The van der Waals surface area contributed by atoms with E-state index >= 15 is 0 Å². The van der Waals surface area contributed by atoms with E-state index in [4.69, 9.17) is 0 Å². The second-order valence-corrected chi connectivity index (χ2v) is 7.77. The standard InChI is InChI=1S/C25H22N4/c1-2-4-23-22(3-1)28-25(29-23)19-7-5-16-9-10-21(27-24(16)14-19)18-6-8-20-15-26-12-11-17(20)13-18/h1-14,21,25-29H,15H2. The van der Waals surface area contributed by atoms with Gasteiger partial charge in [-0.25, -0.2) is 0 Å². The summed E-state index contributed by atoms with van der Waals surface area (Å²) in [5.41, 5.74) is 9.85. The summed E-state index contributed by atoms with van der Waals surface area (Å²) in [5.74, 6) is 0. The van der Waals surface area contributed by atoms with E-state index < -0.39 is 0 Å². The average Bonchev–Trinajstić information content (AvgIpc) is 3.22. The molecule has 3 aromatic rings. The maximum absolute atomic E-state index is 3.72. The van der Waals surface area contributed by atoms with E-state index in [1.54, 1.807) is 0 Å². The van der Waals surface area contributed by atoms with Crippen LogP contribution in [0.3, 0.4) is 0 Å². The third-order valence-corrected chi connectivity index (χ3v) is 5.92. The molecular weight excluding hydrogens is 356 g/mol. The summed E-state index contributed by atoms with van der Waals surface area (Å²) in [6.07, 6.45) is 8.73. The molecule has 29 heavy (non-hydrogen) atoms. The summed E-state index contributed by atoms with van der Waals surface area (Å²) in [7, 11) is 0. The zero-order valence-corrected chi connectivity index (χ0v) is 15.9. The molecule has 1 unspecified atom stereocenters. The summed E-state index contributed by atoms with van der Waals surface area (Å²) in [5, 5.41) is 14.1. The minimum Gasteiger partial charge on any atom is -0.387 e. The molecule has 3 aliphatic rings. The minimum atomic E-state index is 0.0882. The summed E-state index contributed by atoms with van der Waals surface area (Å²) >= 11 is 0. The van der Waals surface area contributed by atoms with Crippen molar-refractivity contribution in [1.29, 1.82) is 0 Å². The van der Waals surface area contributed by atoms with Crippen molar-refractivity contribution >= 4 is 29.2 Å². The predicted octanol–water partition coefficient (Wildman–Crippen LogP) is 5.48. The van der Waals surface area contributed by atoms with Crippen molar-refractivity contribution in [2.75, 3.05) is 16.0 Å². The van der Waals surface area contributed by atoms with Crippen molar-refractivity contribution in [1.82, 2.24) is 5.32 Å². The van der Waals surface area contributed by atoms with Crippen LogP contribution in [-0.2, 0) is 6.54 Å². The van der Waals surface area contributed by atoms with E-state index in [9.17, 15) is 0 Å². The lowest BCUT2D eigenvalue weighted by Crippen LogP contribution is -2.16. The van der Waals surface area contributed by atoms with Crippen LogP contribution in [0.25, 0.3) is 12.2 Å². The summed E-state index contributed by atoms with van der Waals surface area (Å²) < 4.78 is 0. The smallest absolute Gasteiger partial charge is 0.123 e. The number of nitrogens with one attached hydrogen (secondary N) is 4. The third kappa shape index (κ3) is 2.85. The van der Waals surface area contributed by atoms with Crippen molar-refractivity contribution in [2.45, 2.75) is 18.8 Å². The zero-order valence-electron chi connectivity index (χ0n) is 15.9. The fraction of sp³-hybridized carbons (Fsp3) is 0.120. The Balaban J connectivity index is 1.27. The van der Waals surface area contributed by atoms with Gasteiger partial charge in [-0.1, -0.05) is 48.6 Å². The number of hydrogen-bond acceptors (Lipinski definition) is 4. The highest BCUT2D eigenvalue weighted by atomic mass is 15.2. The van der Waals surface area contributed by atoms with Gasteiger partial charge in [-0.15, -0.1) is 0 Å². The first-order valence-corrected chi connectivity index (χ1v) is 10.1. The monoisotopic (exact) mass is 378 g/mol. The van der Waals surface area contributed by atoms with Crippen LogP contribution in [-0.4, -0.2) is 0 Å². The first kappa shape index (κ1) is 16.3. The molecule has 0 amide bonds. The van der Waals surface area contributed by atoms with Gasteiger partial charge in [0.05, 0.1) is 17.4 Å². The van der Waals surface area contributed by atoms with E-state index in [2.05, 4.69) is 100 Å². The lowest BCUT2D eigenvalue weighted by atomic mass is 9.94. The molecule has 142 valence electrons. The van der Waals surface area contributed by atoms with Crippen LogP contribution >= 0.6 is 0 Å². The molecule has 4 nitrogen and oxygen atoms in total. The molecule has 0 aliphatic carbocycles. The van der Waals surface area contributed by atoms with Crippen LogP contribution in [0, 0.1) is 0 Å². The molecule has 3 aliphatic heterocycles. The van der Waals surface area contributed by atoms with Gasteiger partial charge in [-0.3, -0.25) is 0 Å². The third-order valence-electron chi connectivity index (χ3n) is 5.92. The van der Waals surface area contributed by atoms with Crippen molar-refractivity contribution in [2.24, 2.45) is 0 Å². The molecule has 0 saturated heterocycles. The molecule has 0 fully saturated rings. The SMILES string of the molecule is C1=Cc2cc(C3C=Cc4ccc(C5Nc6ccccc6N5)cc4N3)ccc2CN1. The summed E-state index contributed by atoms with van der Waals surface area (Å²) in [6, 6.07) is 21.9. The molecule has 0 spiro atoms. The van der Waals surface area contributed by atoms with Gasteiger partial charge in [0, 0.05) is 12.2 Å². The molecule has 6 rings (SSSR count). The first-order chi connectivity index (χ1) is 14.3. The minimum absolute atomic E-state index is 0.0882. The van der Waals surface area contributed by atoms with Gasteiger partial charge in [0.2, 0.25) is 0 Å². The topological polar surface area (TPSA) is 48.1 Å². The second kappa shape index (κ2) is 6.45. The largest absolute Gasteiger partial charge is 0.387 e. The lowest BCUT2D eigenvalue weighted by Gasteiger charge is -2.25. The quantitative estimate of drug-likeness (QED) is 0.477. The maximum atomic E-state index is 3.72. The van der Waals surface area contributed by atoms with Gasteiger partial charge in [0.1, 0.15) is 6.17 Å². The van der Waals surface area contributed by atoms with Crippen LogP contribution in [0.2, 0.25) is 0 Å². The molecule has 0 radical (unpaired) electrons. The Morgan fingerprint density at radius 1 is 0.690 bits per heavy atom. The zero-order chi connectivity index (χ0) is 19.2. The van der Waals surface area contributed by atoms with E-state index in [0.717, 1.165) is 17.9 Å². The normalized spacial score (nSPS) is 18.6. The number of para-hydroxylation sites is 2. The van der Waals surface area contributed by atoms with E-state index in [1.807, 2.05) is 6.20 Å². The van der Waals surface area contributed by atoms with Gasteiger partial charge in [-0.2, -0.15) is 0 Å². The van der Waals surface area contributed by atoms with Crippen molar-refractivity contribution in [3.8, 4) is 0 Å². The summed E-state index contributed by atoms with van der Waals surface area (Å²) in [6.45, 7) is 0.899. The average molecular weight is 378 g/mol. The van der Waals surface area contributed by atoms with E-state index in [-0.39, 0.29) is 12.2 Å². The number of rotatable bonds is 2. The Bertz CT molecular complexity index is 1140. The predicted molar refractivity (Wildman–Crippen MR) is 121 cm³/mol. The second-order valence-electron chi connectivity index (χ2n) is 7.77. The number of anilines is 3. The Morgan fingerprint density at radius 3 is 2.38 bits per heavy atom. The molecule has 3 heterocycles. The van der Waals surface area contributed by atoms with Gasteiger partial charge >= 0.3 is 0 Å². The first-order valence-electron chi connectivity index (χ1n) is 10.1. The molecule has 0 saturated carbocycles. The Morgan fingerprint density at radius 2 is 1.52 bits per heavy atom. The molecule has 4 heteroatoms. The van der Waals surface area contributed by atoms with Gasteiger partial charge < -0.3 is 21.3 Å². The Kier molecular flexibility index (Phi) is 3.63. The number of fused-ring (bicyclic) bond motifs is 3. The Hall–Kier alpha value is -3.66. The molecule has 1 atom stereocenters. The summed E-state index contributed by atoms with van der Waals surface area (Å²) in [4.78, 5) is 0. The van der Waals surface area contributed by atoms with Gasteiger partial charge in [0.15, 0.2) is 0 Å². The van der Waals surface area contributed by atoms with E-state index in [1.165, 1.54) is 33.5 Å². The van der Waals surface area contributed by atoms with Crippen LogP contribution in [0.15, 0.2) is 72.9 Å². The van der Waals surface area contributed by atoms with Crippen molar-refractivity contribution < 1.29 is 0 Å². The lowest BCUT2D eigenvalue weighted by molar-refractivity contribution is 0.854. The van der Waals surface area contributed by atoms with Crippen LogP contribution in [0.5, 0.6) is 0 Å². The molecule has 0 aromatic heterocycles. The molecule has 3 aromatic carbocycles. The molecule has 4 N–H and O–H groups in total. The fourth-order valence-electron chi connectivity index (χ4n) is 4.32. The fourth-order valence-corrected chi connectivity index (χ4v) is 4.32. The van der Waals surface area contributed by atoms with Crippen LogP contribution in [0.4, 0.5) is 17.1 Å². The number of benzene rings is 3. The van der Waals surface area contributed by atoms with Gasteiger partial charge in [0.25, 0.3) is 0 Å². The highest BCUT2D eigenvalue weighted by molar-refractivity contribution is 5.77. The van der Waals surface area contributed by atoms with Crippen molar-refractivity contribution in [3.05, 3.63) is 101 Å². The highest BCUT2D eigenvalue weighted by Crippen LogP contribution is 2.38.